The Labute approximate surface area is 84.7 Å². The van der Waals surface area contributed by atoms with E-state index in [1.165, 1.54) is 5.56 Å². The Morgan fingerprint density at radius 3 is 2.21 bits per heavy atom. The molecule has 2 rings (SSSR count). The molecule has 1 aliphatic carbocycles. The van der Waals surface area contributed by atoms with Crippen molar-refractivity contribution in [1.29, 1.82) is 5.26 Å². The molecule has 0 bridgehead atoms. The van der Waals surface area contributed by atoms with Crippen molar-refractivity contribution in [3.8, 4) is 6.07 Å². The number of aryl methyl sites for hydroxylation is 1. The normalized spacial score (nSPS) is 18.0. The average molecular weight is 183 g/mol. The molecular weight excluding hydrogens is 170 g/mol. The van der Waals surface area contributed by atoms with Crippen LogP contribution in [0.15, 0.2) is 36.4 Å². The number of nitriles is 1. The molecule has 0 N–H and O–H groups in total. The Balaban J connectivity index is 2.38. The van der Waals surface area contributed by atoms with E-state index in [2.05, 4.69) is 49.4 Å². The fourth-order valence-electron chi connectivity index (χ4n) is 1.92. The smallest absolute Gasteiger partial charge is 0.0890 e. The first kappa shape index (κ1) is 9.02. The average Bonchev–Trinajstić information content (AvgIpc) is 2.68. The third-order valence-electron chi connectivity index (χ3n) is 2.92. The van der Waals surface area contributed by atoms with E-state index in [9.17, 15) is 5.26 Å². The van der Waals surface area contributed by atoms with E-state index in [-0.39, 0.29) is 5.41 Å². The van der Waals surface area contributed by atoms with Gasteiger partial charge >= 0.3 is 0 Å². The summed E-state index contributed by atoms with van der Waals surface area (Å²) in [5.41, 5.74) is 2.11. The number of hydrogen-bond acceptors (Lipinski definition) is 1. The highest BCUT2D eigenvalue weighted by molar-refractivity contribution is 5.38. The van der Waals surface area contributed by atoms with Gasteiger partial charge in [0.1, 0.15) is 0 Å². The minimum Gasteiger partial charge on any atom is -0.197 e. The SMILES string of the molecule is Cc1ccc(C2(C#N)CC=CC2)cc1. The van der Waals surface area contributed by atoms with Crippen LogP contribution < -0.4 is 0 Å². The molecule has 1 nitrogen and oxygen atoms in total. The van der Waals surface area contributed by atoms with Gasteiger partial charge in [0.15, 0.2) is 0 Å². The molecule has 0 saturated heterocycles. The highest BCUT2D eigenvalue weighted by Gasteiger charge is 2.32. The highest BCUT2D eigenvalue weighted by Crippen LogP contribution is 2.36. The summed E-state index contributed by atoms with van der Waals surface area (Å²) in [6.45, 7) is 2.07. The molecule has 1 heteroatoms. The molecule has 0 heterocycles. The van der Waals surface area contributed by atoms with Gasteiger partial charge < -0.3 is 0 Å². The zero-order chi connectivity index (χ0) is 10.0. The minimum absolute atomic E-state index is 0.284. The first-order valence-electron chi connectivity index (χ1n) is 4.90. The molecule has 1 aromatic rings. The van der Waals surface area contributed by atoms with Gasteiger partial charge in [0.2, 0.25) is 0 Å². The maximum atomic E-state index is 9.25. The van der Waals surface area contributed by atoms with E-state index in [0.717, 1.165) is 18.4 Å². The summed E-state index contributed by atoms with van der Waals surface area (Å²) in [6, 6.07) is 10.8. The third-order valence-corrected chi connectivity index (χ3v) is 2.92. The lowest BCUT2D eigenvalue weighted by Crippen LogP contribution is -2.19. The summed E-state index contributed by atoms with van der Waals surface area (Å²) in [6.07, 6.45) is 5.91. The first-order valence-corrected chi connectivity index (χ1v) is 4.90. The molecule has 0 saturated carbocycles. The Bertz CT molecular complexity index is 384. The summed E-state index contributed by atoms with van der Waals surface area (Å²) in [5.74, 6) is 0. The predicted octanol–water partition coefficient (Wildman–Crippen LogP) is 3.11. The summed E-state index contributed by atoms with van der Waals surface area (Å²) in [5, 5.41) is 9.25. The minimum atomic E-state index is -0.284. The molecule has 0 aliphatic heterocycles. The topological polar surface area (TPSA) is 23.8 Å². The molecule has 0 radical (unpaired) electrons. The molecule has 1 aromatic carbocycles. The monoisotopic (exact) mass is 183 g/mol. The van der Waals surface area contributed by atoms with Gasteiger partial charge in [0.05, 0.1) is 11.5 Å². The second-order valence-electron chi connectivity index (χ2n) is 3.94. The van der Waals surface area contributed by atoms with E-state index in [1.54, 1.807) is 0 Å². The maximum absolute atomic E-state index is 9.25. The van der Waals surface area contributed by atoms with E-state index in [4.69, 9.17) is 0 Å². The summed E-state index contributed by atoms with van der Waals surface area (Å²) in [7, 11) is 0. The van der Waals surface area contributed by atoms with Gasteiger partial charge in [-0.1, -0.05) is 42.0 Å². The van der Waals surface area contributed by atoms with Crippen molar-refractivity contribution in [2.45, 2.75) is 25.2 Å². The standard InChI is InChI=1S/C13H13N/c1-11-4-6-12(7-5-11)13(10-14)8-2-3-9-13/h2-7H,8-9H2,1H3. The van der Waals surface area contributed by atoms with Crippen LogP contribution in [-0.4, -0.2) is 0 Å². The second kappa shape index (κ2) is 3.31. The van der Waals surface area contributed by atoms with Crippen LogP contribution in [0.3, 0.4) is 0 Å². The van der Waals surface area contributed by atoms with E-state index < -0.39 is 0 Å². The highest BCUT2D eigenvalue weighted by atomic mass is 14.4. The van der Waals surface area contributed by atoms with Crippen LogP contribution in [0.2, 0.25) is 0 Å². The van der Waals surface area contributed by atoms with Gasteiger partial charge in [-0.05, 0) is 25.3 Å². The van der Waals surface area contributed by atoms with E-state index in [1.807, 2.05) is 0 Å². The third kappa shape index (κ3) is 1.33. The number of allylic oxidation sites excluding steroid dienone is 2. The summed E-state index contributed by atoms with van der Waals surface area (Å²) < 4.78 is 0. The van der Waals surface area contributed by atoms with Crippen molar-refractivity contribution in [1.82, 2.24) is 0 Å². The van der Waals surface area contributed by atoms with Crippen LogP contribution in [0.1, 0.15) is 24.0 Å². The van der Waals surface area contributed by atoms with Gasteiger partial charge in [-0.2, -0.15) is 5.26 Å². The quantitative estimate of drug-likeness (QED) is 0.614. The van der Waals surface area contributed by atoms with Crippen molar-refractivity contribution in [2.75, 3.05) is 0 Å². The van der Waals surface area contributed by atoms with Gasteiger partial charge in [-0.15, -0.1) is 0 Å². The Hall–Kier alpha value is -1.55. The van der Waals surface area contributed by atoms with E-state index >= 15 is 0 Å². The van der Waals surface area contributed by atoms with Gasteiger partial charge in [-0.3, -0.25) is 0 Å². The molecule has 0 atom stereocenters. The van der Waals surface area contributed by atoms with Gasteiger partial charge in [0.25, 0.3) is 0 Å². The molecule has 0 spiro atoms. The number of benzene rings is 1. The largest absolute Gasteiger partial charge is 0.197 e. The molecule has 0 aromatic heterocycles. The van der Waals surface area contributed by atoms with Crippen molar-refractivity contribution in [3.05, 3.63) is 47.5 Å². The van der Waals surface area contributed by atoms with Crippen LogP contribution in [-0.2, 0) is 5.41 Å². The van der Waals surface area contributed by atoms with Crippen LogP contribution >= 0.6 is 0 Å². The molecule has 70 valence electrons. The van der Waals surface area contributed by atoms with E-state index in [0.29, 0.717) is 0 Å². The summed E-state index contributed by atoms with van der Waals surface area (Å²) >= 11 is 0. The van der Waals surface area contributed by atoms with Crippen molar-refractivity contribution in [2.24, 2.45) is 0 Å². The maximum Gasteiger partial charge on any atom is 0.0890 e. The molecule has 0 amide bonds. The van der Waals surface area contributed by atoms with Gasteiger partial charge in [0, 0.05) is 0 Å². The van der Waals surface area contributed by atoms with Crippen molar-refractivity contribution in [3.63, 3.8) is 0 Å². The fraction of sp³-hybridized carbons (Fsp3) is 0.308. The molecule has 0 unspecified atom stereocenters. The lowest BCUT2D eigenvalue weighted by molar-refractivity contribution is 0.596. The van der Waals surface area contributed by atoms with Crippen molar-refractivity contribution < 1.29 is 0 Å². The lowest BCUT2D eigenvalue weighted by atomic mass is 9.79. The lowest BCUT2D eigenvalue weighted by Gasteiger charge is -2.20. The molecule has 1 aliphatic rings. The van der Waals surface area contributed by atoms with Crippen LogP contribution in [0, 0.1) is 18.3 Å². The zero-order valence-electron chi connectivity index (χ0n) is 8.33. The first-order chi connectivity index (χ1) is 6.77. The fourth-order valence-corrected chi connectivity index (χ4v) is 1.92. The predicted molar refractivity (Wildman–Crippen MR) is 56.8 cm³/mol. The van der Waals surface area contributed by atoms with Crippen LogP contribution in [0.25, 0.3) is 0 Å². The van der Waals surface area contributed by atoms with Crippen LogP contribution in [0.5, 0.6) is 0 Å². The van der Waals surface area contributed by atoms with Crippen LogP contribution in [0.4, 0.5) is 0 Å². The zero-order valence-corrected chi connectivity index (χ0v) is 8.33. The van der Waals surface area contributed by atoms with Crippen molar-refractivity contribution >= 4 is 0 Å². The number of nitrogens with zero attached hydrogens (tertiary/aromatic N) is 1. The second-order valence-corrected chi connectivity index (χ2v) is 3.94. The summed E-state index contributed by atoms with van der Waals surface area (Å²) in [4.78, 5) is 0. The Morgan fingerprint density at radius 1 is 1.14 bits per heavy atom. The van der Waals surface area contributed by atoms with Gasteiger partial charge in [-0.25, -0.2) is 0 Å². The molecule has 14 heavy (non-hydrogen) atoms. The molecular formula is C13H13N. The Kier molecular flexibility index (Phi) is 2.13. The Morgan fingerprint density at radius 2 is 1.71 bits per heavy atom. The number of rotatable bonds is 1. The number of hydrogen-bond donors (Lipinski definition) is 0. The molecule has 0 fully saturated rings.